The van der Waals surface area contributed by atoms with Crippen molar-refractivity contribution < 1.29 is 27.1 Å². The first-order valence-electron chi connectivity index (χ1n) is 12.2. The molecule has 1 aliphatic heterocycles. The van der Waals surface area contributed by atoms with Crippen molar-refractivity contribution in [3.05, 3.63) is 51.4 Å². The summed E-state index contributed by atoms with van der Waals surface area (Å²) >= 11 is 5.97. The molecular formula is C25H24ClF4N7O3. The SMILES string of the molecule is C[C@H]1CN(C(=O)OC(C)(C)C)CCN1c1ncnn2c(=O)c(-c3c(F)c(Cl)cc4cn[nH]c34)c(C(F)(F)F)cc12. The van der Waals surface area contributed by atoms with E-state index in [2.05, 4.69) is 20.3 Å². The Morgan fingerprint density at radius 1 is 1.18 bits per heavy atom. The van der Waals surface area contributed by atoms with E-state index in [1.807, 2.05) is 0 Å². The van der Waals surface area contributed by atoms with Crippen LogP contribution in [0.15, 0.2) is 29.5 Å². The largest absolute Gasteiger partial charge is 0.444 e. The molecule has 5 rings (SSSR count). The van der Waals surface area contributed by atoms with E-state index in [0.29, 0.717) is 0 Å². The van der Waals surface area contributed by atoms with E-state index in [1.165, 1.54) is 17.2 Å². The van der Waals surface area contributed by atoms with Crippen LogP contribution < -0.4 is 10.5 Å². The minimum Gasteiger partial charge on any atom is -0.444 e. The van der Waals surface area contributed by atoms with Gasteiger partial charge in [0.1, 0.15) is 17.4 Å². The van der Waals surface area contributed by atoms with E-state index in [9.17, 15) is 22.8 Å². The van der Waals surface area contributed by atoms with Gasteiger partial charge in [0.2, 0.25) is 0 Å². The molecule has 212 valence electrons. The van der Waals surface area contributed by atoms with Gasteiger partial charge in [-0.3, -0.25) is 9.89 Å². The number of H-pyrrole nitrogens is 1. The lowest BCUT2D eigenvalue weighted by molar-refractivity contribution is -0.137. The van der Waals surface area contributed by atoms with Crippen molar-refractivity contribution in [2.24, 2.45) is 0 Å². The molecule has 1 saturated heterocycles. The second-order valence-electron chi connectivity index (χ2n) is 10.5. The van der Waals surface area contributed by atoms with Crippen molar-refractivity contribution in [3.63, 3.8) is 0 Å². The summed E-state index contributed by atoms with van der Waals surface area (Å²) < 4.78 is 64.9. The summed E-state index contributed by atoms with van der Waals surface area (Å²) in [5.41, 5.74) is -5.28. The Balaban J connectivity index is 1.66. The van der Waals surface area contributed by atoms with Crippen LogP contribution in [0.2, 0.25) is 5.02 Å². The Morgan fingerprint density at radius 2 is 1.90 bits per heavy atom. The molecule has 1 aliphatic rings. The summed E-state index contributed by atoms with van der Waals surface area (Å²) in [6.07, 6.45) is -3.28. The van der Waals surface area contributed by atoms with Crippen LogP contribution in [0.4, 0.5) is 28.2 Å². The molecule has 3 aromatic heterocycles. The number of amides is 1. The van der Waals surface area contributed by atoms with Gasteiger partial charge in [-0.2, -0.15) is 27.9 Å². The molecule has 0 bridgehead atoms. The highest BCUT2D eigenvalue weighted by molar-refractivity contribution is 6.32. The maximum Gasteiger partial charge on any atom is 0.417 e. The zero-order chi connectivity index (χ0) is 29.1. The van der Waals surface area contributed by atoms with Crippen LogP contribution in [-0.2, 0) is 10.9 Å². The van der Waals surface area contributed by atoms with Gasteiger partial charge in [-0.15, -0.1) is 0 Å². The molecule has 1 amide bonds. The monoisotopic (exact) mass is 581 g/mol. The number of alkyl halides is 3. The van der Waals surface area contributed by atoms with Crippen LogP contribution in [-0.4, -0.2) is 67.1 Å². The van der Waals surface area contributed by atoms with E-state index in [1.54, 1.807) is 32.6 Å². The molecule has 4 aromatic rings. The molecule has 0 unspecified atom stereocenters. The number of anilines is 1. The molecule has 0 aliphatic carbocycles. The average Bonchev–Trinajstić information content (AvgIpc) is 3.31. The number of pyridine rings is 1. The molecule has 1 aromatic carbocycles. The lowest BCUT2D eigenvalue weighted by Gasteiger charge is -2.41. The fourth-order valence-electron chi connectivity index (χ4n) is 4.79. The number of rotatable bonds is 2. The van der Waals surface area contributed by atoms with E-state index < -0.39 is 57.0 Å². The van der Waals surface area contributed by atoms with Crippen LogP contribution in [0.5, 0.6) is 0 Å². The van der Waals surface area contributed by atoms with Gasteiger partial charge in [0.15, 0.2) is 11.6 Å². The first kappa shape index (κ1) is 27.6. The topological polar surface area (TPSA) is 109 Å². The van der Waals surface area contributed by atoms with Gasteiger partial charge in [-0.25, -0.2) is 14.2 Å². The second-order valence-corrected chi connectivity index (χ2v) is 10.9. The van der Waals surface area contributed by atoms with Gasteiger partial charge in [-0.05, 0) is 39.8 Å². The number of carbonyl (C=O) groups is 1. The zero-order valence-electron chi connectivity index (χ0n) is 21.8. The van der Waals surface area contributed by atoms with E-state index >= 15 is 4.39 Å². The number of hydrogen-bond acceptors (Lipinski definition) is 7. The normalized spacial score (nSPS) is 16.7. The lowest BCUT2D eigenvalue weighted by Crippen LogP contribution is -2.55. The quantitative estimate of drug-likeness (QED) is 0.336. The van der Waals surface area contributed by atoms with Crippen molar-refractivity contribution in [3.8, 4) is 11.1 Å². The number of carbonyl (C=O) groups excluding carboxylic acids is 1. The minimum atomic E-state index is -5.06. The molecule has 0 saturated carbocycles. The number of benzene rings is 1. The van der Waals surface area contributed by atoms with E-state index in [-0.39, 0.29) is 41.9 Å². The van der Waals surface area contributed by atoms with Crippen molar-refractivity contribution in [2.45, 2.75) is 45.5 Å². The Kier molecular flexibility index (Phi) is 6.63. The van der Waals surface area contributed by atoms with Crippen LogP contribution >= 0.6 is 11.6 Å². The molecule has 1 fully saturated rings. The number of piperazine rings is 1. The standard InChI is InChI=1S/C25H24ClF4N7O3/c1-12-10-35(23(39)40-24(2,3)4)5-6-36(12)21-16-8-14(25(28,29)30)17(22(38)37(16)33-11-31-21)18-19(27)15(26)7-13-9-32-34-20(13)18/h7-9,11-12H,5-6,10H2,1-4H3,(H,32,34)/t12-/m0/s1. The molecule has 0 radical (unpaired) electrons. The molecule has 10 nitrogen and oxygen atoms in total. The number of nitrogens with zero attached hydrogens (tertiary/aromatic N) is 6. The summed E-state index contributed by atoms with van der Waals surface area (Å²) in [6.45, 7) is 7.60. The van der Waals surface area contributed by atoms with Crippen molar-refractivity contribution >= 4 is 39.9 Å². The highest BCUT2D eigenvalue weighted by Crippen LogP contribution is 2.41. The van der Waals surface area contributed by atoms with Crippen molar-refractivity contribution in [1.29, 1.82) is 0 Å². The Bertz CT molecular complexity index is 1700. The van der Waals surface area contributed by atoms with Crippen molar-refractivity contribution in [1.82, 2.24) is 29.7 Å². The maximum atomic E-state index is 15.3. The second kappa shape index (κ2) is 9.61. The predicted octanol–water partition coefficient (Wildman–Crippen LogP) is 4.89. The van der Waals surface area contributed by atoms with Gasteiger partial charge in [0.25, 0.3) is 5.56 Å². The number of halogens is 5. The summed E-state index contributed by atoms with van der Waals surface area (Å²) in [6, 6.07) is 1.52. The lowest BCUT2D eigenvalue weighted by atomic mass is 9.97. The molecule has 0 spiro atoms. The highest BCUT2D eigenvalue weighted by atomic mass is 35.5. The summed E-state index contributed by atoms with van der Waals surface area (Å²) in [5.74, 6) is -1.15. The van der Waals surface area contributed by atoms with Crippen LogP contribution in [0.25, 0.3) is 27.5 Å². The maximum absolute atomic E-state index is 15.3. The number of ether oxygens (including phenoxy) is 1. The first-order chi connectivity index (χ1) is 18.7. The van der Waals surface area contributed by atoms with E-state index in [0.717, 1.165) is 16.9 Å². The van der Waals surface area contributed by atoms with Crippen LogP contribution in [0.3, 0.4) is 0 Å². The predicted molar refractivity (Wildman–Crippen MR) is 139 cm³/mol. The molecule has 1 atom stereocenters. The third-order valence-corrected chi connectivity index (χ3v) is 6.77. The number of hydrogen-bond donors (Lipinski definition) is 1. The molecule has 15 heteroatoms. The number of aromatic nitrogens is 5. The molecule has 4 heterocycles. The highest BCUT2D eigenvalue weighted by Gasteiger charge is 2.39. The average molecular weight is 582 g/mol. The molecule has 1 N–H and O–H groups in total. The summed E-state index contributed by atoms with van der Waals surface area (Å²) in [5, 5.41) is 9.88. The first-order valence-corrected chi connectivity index (χ1v) is 12.6. The fourth-order valence-corrected chi connectivity index (χ4v) is 5.00. The number of fused-ring (bicyclic) bond motifs is 2. The summed E-state index contributed by atoms with van der Waals surface area (Å²) in [4.78, 5) is 33.6. The van der Waals surface area contributed by atoms with Crippen LogP contribution in [0.1, 0.15) is 33.3 Å². The van der Waals surface area contributed by atoms with Crippen molar-refractivity contribution in [2.75, 3.05) is 24.5 Å². The third-order valence-electron chi connectivity index (χ3n) is 6.50. The minimum absolute atomic E-state index is 0.0544. The van der Waals surface area contributed by atoms with Gasteiger partial charge in [-0.1, -0.05) is 11.6 Å². The molecular weight excluding hydrogens is 558 g/mol. The van der Waals surface area contributed by atoms with Gasteiger partial charge >= 0.3 is 12.3 Å². The van der Waals surface area contributed by atoms with Crippen LogP contribution in [0, 0.1) is 5.82 Å². The number of nitrogens with one attached hydrogen (secondary N) is 1. The van der Waals surface area contributed by atoms with Gasteiger partial charge < -0.3 is 14.5 Å². The Labute approximate surface area is 229 Å². The van der Waals surface area contributed by atoms with Gasteiger partial charge in [0.05, 0.1) is 33.4 Å². The number of aromatic amines is 1. The smallest absolute Gasteiger partial charge is 0.417 e. The Hall–Kier alpha value is -3.94. The molecule has 40 heavy (non-hydrogen) atoms. The van der Waals surface area contributed by atoms with Gasteiger partial charge in [0, 0.05) is 31.1 Å². The fraction of sp³-hybridized carbons (Fsp3) is 0.400. The Morgan fingerprint density at radius 3 is 2.55 bits per heavy atom. The zero-order valence-corrected chi connectivity index (χ0v) is 22.6. The van der Waals surface area contributed by atoms with E-state index in [4.69, 9.17) is 16.3 Å². The third kappa shape index (κ3) is 4.80. The summed E-state index contributed by atoms with van der Waals surface area (Å²) in [7, 11) is 0.